The Hall–Kier alpha value is -4.42. The number of hydrogen-bond donors (Lipinski definition) is 2. The van der Waals surface area contributed by atoms with Crippen LogP contribution in [0.3, 0.4) is 0 Å². The molecule has 9 nitrogen and oxygen atoms in total. The molecule has 0 bridgehead atoms. The normalized spacial score (nSPS) is 10.0. The second-order valence-electron chi connectivity index (χ2n) is 6.42. The lowest BCUT2D eigenvalue weighted by Gasteiger charge is -2.10. The van der Waals surface area contributed by atoms with Gasteiger partial charge in [0.2, 0.25) is 0 Å². The number of hydrogen-bond acceptors (Lipinski definition) is 6. The van der Waals surface area contributed by atoms with Gasteiger partial charge in [-0.15, -0.1) is 0 Å². The Kier molecular flexibility index (Phi) is 7.00. The minimum absolute atomic E-state index is 0.139. The van der Waals surface area contributed by atoms with E-state index in [2.05, 4.69) is 16.9 Å². The molecular weight excluding hydrogens is 436 g/mol. The highest BCUT2D eigenvalue weighted by atomic mass is 35.5. The Morgan fingerprint density at radius 1 is 1.00 bits per heavy atom. The number of carbonyl (C=O) groups is 2. The van der Waals surface area contributed by atoms with Gasteiger partial charge in [0, 0.05) is 11.1 Å². The number of amides is 2. The number of nitro groups is 1. The minimum Gasteiger partial charge on any atom is -0.484 e. The third-order valence-corrected chi connectivity index (χ3v) is 4.52. The molecule has 0 fully saturated rings. The van der Waals surface area contributed by atoms with Gasteiger partial charge in [-0.05, 0) is 47.5 Å². The molecule has 0 atom stereocenters. The van der Waals surface area contributed by atoms with Gasteiger partial charge in [0.05, 0.1) is 16.6 Å². The van der Waals surface area contributed by atoms with E-state index in [-0.39, 0.29) is 10.6 Å². The van der Waals surface area contributed by atoms with Crippen LogP contribution in [0.2, 0.25) is 5.02 Å². The SMILES string of the molecule is N#Cc1ccc(-c2ccc(OCC(=O)NNC(=O)c3cc(Cl)ccc3[N+](=O)[O-])cc2)cc1. The Balaban J connectivity index is 1.53. The summed E-state index contributed by atoms with van der Waals surface area (Å²) >= 11 is 5.79. The second-order valence-corrected chi connectivity index (χ2v) is 6.86. The van der Waals surface area contributed by atoms with Gasteiger partial charge in [-0.25, -0.2) is 0 Å². The fourth-order valence-electron chi connectivity index (χ4n) is 2.71. The molecule has 0 radical (unpaired) electrons. The summed E-state index contributed by atoms with van der Waals surface area (Å²) in [6, 6.07) is 19.6. The first-order valence-corrected chi connectivity index (χ1v) is 9.51. The molecule has 0 unspecified atom stereocenters. The topological polar surface area (TPSA) is 134 Å². The number of nitro benzene ring substituents is 1. The van der Waals surface area contributed by atoms with Crippen LogP contribution in [0.1, 0.15) is 15.9 Å². The lowest BCUT2D eigenvalue weighted by molar-refractivity contribution is -0.385. The van der Waals surface area contributed by atoms with E-state index in [4.69, 9.17) is 21.6 Å². The van der Waals surface area contributed by atoms with Crippen LogP contribution in [0.5, 0.6) is 5.75 Å². The van der Waals surface area contributed by atoms with Crippen LogP contribution in [0, 0.1) is 21.4 Å². The van der Waals surface area contributed by atoms with Crippen molar-refractivity contribution >= 4 is 29.1 Å². The van der Waals surface area contributed by atoms with E-state index in [0.717, 1.165) is 23.3 Å². The Morgan fingerprint density at radius 3 is 2.22 bits per heavy atom. The summed E-state index contributed by atoms with van der Waals surface area (Å²) in [5.41, 5.74) is 5.88. The van der Waals surface area contributed by atoms with Gasteiger partial charge in [-0.1, -0.05) is 35.9 Å². The molecule has 0 aromatic heterocycles. The zero-order chi connectivity index (χ0) is 23.1. The average molecular weight is 451 g/mol. The van der Waals surface area contributed by atoms with Crippen molar-refractivity contribution in [1.82, 2.24) is 10.9 Å². The molecule has 0 aliphatic heterocycles. The van der Waals surface area contributed by atoms with Crippen molar-refractivity contribution in [2.75, 3.05) is 6.61 Å². The van der Waals surface area contributed by atoms with Crippen LogP contribution in [0.4, 0.5) is 5.69 Å². The zero-order valence-electron chi connectivity index (χ0n) is 16.4. The van der Waals surface area contributed by atoms with Crippen molar-refractivity contribution in [1.29, 1.82) is 5.26 Å². The molecule has 3 rings (SSSR count). The third kappa shape index (κ3) is 5.59. The quantitative estimate of drug-likeness (QED) is 0.435. The molecule has 32 heavy (non-hydrogen) atoms. The monoisotopic (exact) mass is 450 g/mol. The van der Waals surface area contributed by atoms with E-state index >= 15 is 0 Å². The Bertz CT molecular complexity index is 1200. The summed E-state index contributed by atoms with van der Waals surface area (Å²) in [5.74, 6) is -1.13. The second kappa shape index (κ2) is 10.1. The van der Waals surface area contributed by atoms with Crippen molar-refractivity contribution in [3.8, 4) is 22.9 Å². The summed E-state index contributed by atoms with van der Waals surface area (Å²) < 4.78 is 5.38. The number of hydrazine groups is 1. The summed E-state index contributed by atoms with van der Waals surface area (Å²) in [7, 11) is 0. The first-order chi connectivity index (χ1) is 15.4. The van der Waals surface area contributed by atoms with E-state index in [9.17, 15) is 19.7 Å². The Labute approximate surface area is 187 Å². The minimum atomic E-state index is -0.890. The van der Waals surface area contributed by atoms with Crippen LogP contribution >= 0.6 is 11.6 Å². The van der Waals surface area contributed by atoms with Gasteiger partial charge in [0.25, 0.3) is 17.5 Å². The first-order valence-electron chi connectivity index (χ1n) is 9.14. The maximum Gasteiger partial charge on any atom is 0.282 e. The number of rotatable bonds is 6. The molecular formula is C22H15ClN4O5. The number of nitrogens with zero attached hydrogens (tertiary/aromatic N) is 2. The predicted molar refractivity (Wildman–Crippen MR) is 116 cm³/mol. The largest absolute Gasteiger partial charge is 0.484 e. The number of benzene rings is 3. The number of halogens is 1. The fraction of sp³-hybridized carbons (Fsp3) is 0.0455. The van der Waals surface area contributed by atoms with Gasteiger partial charge in [-0.2, -0.15) is 5.26 Å². The van der Waals surface area contributed by atoms with Crippen molar-refractivity contribution < 1.29 is 19.2 Å². The van der Waals surface area contributed by atoms with E-state index in [1.54, 1.807) is 36.4 Å². The van der Waals surface area contributed by atoms with Crippen LogP contribution < -0.4 is 15.6 Å². The molecule has 0 saturated heterocycles. The third-order valence-electron chi connectivity index (χ3n) is 4.29. The Morgan fingerprint density at radius 2 is 1.62 bits per heavy atom. The molecule has 0 spiro atoms. The van der Waals surface area contributed by atoms with Gasteiger partial charge in [0.15, 0.2) is 6.61 Å². The van der Waals surface area contributed by atoms with Gasteiger partial charge in [-0.3, -0.25) is 30.6 Å². The number of carbonyl (C=O) groups excluding carboxylic acids is 2. The molecule has 0 heterocycles. The highest BCUT2D eigenvalue weighted by Crippen LogP contribution is 2.23. The van der Waals surface area contributed by atoms with Crippen LogP contribution in [-0.4, -0.2) is 23.3 Å². The summed E-state index contributed by atoms with van der Waals surface area (Å²) in [5, 5.41) is 20.0. The number of nitrogens with one attached hydrogen (secondary N) is 2. The molecule has 2 amide bonds. The van der Waals surface area contributed by atoms with Crippen molar-refractivity contribution in [2.45, 2.75) is 0 Å². The van der Waals surface area contributed by atoms with E-state index in [1.807, 2.05) is 12.1 Å². The molecule has 160 valence electrons. The molecule has 3 aromatic carbocycles. The fourth-order valence-corrected chi connectivity index (χ4v) is 2.88. The zero-order valence-corrected chi connectivity index (χ0v) is 17.1. The van der Waals surface area contributed by atoms with Crippen molar-refractivity contribution in [3.05, 3.63) is 93.0 Å². The van der Waals surface area contributed by atoms with Crippen LogP contribution in [0.25, 0.3) is 11.1 Å². The molecule has 3 aromatic rings. The maximum absolute atomic E-state index is 12.2. The lowest BCUT2D eigenvalue weighted by atomic mass is 10.0. The van der Waals surface area contributed by atoms with Gasteiger partial charge < -0.3 is 4.74 Å². The summed E-state index contributed by atoms with van der Waals surface area (Å²) in [4.78, 5) is 34.4. The first kappa shape index (κ1) is 22.3. The van der Waals surface area contributed by atoms with Crippen molar-refractivity contribution in [2.24, 2.45) is 0 Å². The smallest absolute Gasteiger partial charge is 0.282 e. The molecule has 10 heteroatoms. The average Bonchev–Trinajstić information content (AvgIpc) is 2.81. The standard InChI is InChI=1S/C22H15ClN4O5/c23-17-7-10-20(27(30)31)19(11-17)22(29)26-25-21(28)13-32-18-8-5-16(6-9-18)15-3-1-14(12-24)2-4-15/h1-11H,13H2,(H,25,28)(H,26,29). The molecule has 0 aliphatic carbocycles. The van der Waals surface area contributed by atoms with E-state index in [0.29, 0.717) is 11.3 Å². The maximum atomic E-state index is 12.2. The molecule has 2 N–H and O–H groups in total. The number of nitriles is 1. The van der Waals surface area contributed by atoms with Gasteiger partial charge in [0.1, 0.15) is 11.3 Å². The summed E-state index contributed by atoms with van der Waals surface area (Å²) in [6.45, 7) is -0.395. The lowest BCUT2D eigenvalue weighted by Crippen LogP contribution is -2.44. The van der Waals surface area contributed by atoms with Crippen molar-refractivity contribution in [3.63, 3.8) is 0 Å². The molecule has 0 aliphatic rings. The van der Waals surface area contributed by atoms with E-state index in [1.165, 1.54) is 6.07 Å². The van der Waals surface area contributed by atoms with Crippen LogP contribution in [0.15, 0.2) is 66.7 Å². The van der Waals surface area contributed by atoms with Gasteiger partial charge >= 0.3 is 0 Å². The predicted octanol–water partition coefficient (Wildman–Crippen LogP) is 3.63. The highest BCUT2D eigenvalue weighted by molar-refractivity contribution is 6.31. The number of ether oxygens (including phenoxy) is 1. The summed E-state index contributed by atoms with van der Waals surface area (Å²) in [6.07, 6.45) is 0. The molecule has 0 saturated carbocycles. The van der Waals surface area contributed by atoms with E-state index < -0.39 is 29.0 Å². The van der Waals surface area contributed by atoms with Crippen LogP contribution in [-0.2, 0) is 4.79 Å². The highest BCUT2D eigenvalue weighted by Gasteiger charge is 2.21.